The number of benzene rings is 11. The van der Waals surface area contributed by atoms with Gasteiger partial charge in [0.2, 0.25) is 0 Å². The van der Waals surface area contributed by atoms with E-state index in [2.05, 4.69) is 265 Å². The monoisotopic (exact) mass is 914 g/mol. The van der Waals surface area contributed by atoms with Crippen molar-refractivity contribution in [1.82, 2.24) is 9.13 Å². The molecule has 2 nitrogen and oxygen atoms in total. The molecular formula is C70H46N2. The van der Waals surface area contributed by atoms with Crippen LogP contribution in [0.25, 0.3) is 99.5 Å². The first kappa shape index (κ1) is 39.8. The summed E-state index contributed by atoms with van der Waals surface area (Å²) in [6, 6.07) is 94.0. The topological polar surface area (TPSA) is 9.86 Å². The molecule has 16 rings (SSSR count). The number of fused-ring (bicyclic) bond motifs is 21. The molecule has 0 aliphatic heterocycles. The van der Waals surface area contributed by atoms with E-state index in [1.165, 1.54) is 133 Å². The molecule has 72 heavy (non-hydrogen) atoms. The van der Waals surface area contributed by atoms with Gasteiger partial charge in [0.25, 0.3) is 0 Å². The van der Waals surface area contributed by atoms with Crippen molar-refractivity contribution in [1.29, 1.82) is 0 Å². The summed E-state index contributed by atoms with van der Waals surface area (Å²) in [7, 11) is 0. The van der Waals surface area contributed by atoms with Crippen molar-refractivity contribution in [2.24, 2.45) is 0 Å². The molecule has 2 heterocycles. The predicted octanol–water partition coefficient (Wildman–Crippen LogP) is 17.8. The second-order valence-electron chi connectivity index (χ2n) is 20.3. The highest BCUT2D eigenvalue weighted by molar-refractivity contribution is 6.19. The molecule has 0 radical (unpaired) electrons. The van der Waals surface area contributed by atoms with Crippen molar-refractivity contribution in [3.63, 3.8) is 0 Å². The van der Waals surface area contributed by atoms with Crippen LogP contribution in [0.1, 0.15) is 57.7 Å². The van der Waals surface area contributed by atoms with Gasteiger partial charge in [-0.1, -0.05) is 213 Å². The Kier molecular flexibility index (Phi) is 8.17. The summed E-state index contributed by atoms with van der Waals surface area (Å²) in [4.78, 5) is 0. The van der Waals surface area contributed by atoms with Crippen LogP contribution in [0.3, 0.4) is 0 Å². The molecule has 0 saturated heterocycles. The Bertz CT molecular complexity index is 4400. The average molecular weight is 915 g/mol. The summed E-state index contributed by atoms with van der Waals surface area (Å²) in [6.07, 6.45) is 0. The lowest BCUT2D eigenvalue weighted by atomic mass is 9.69. The standard InChI is InChI=1S/C70H46N2/c1-43-49-25-11-12-26-50(49)58-42-48(34-35-53(58)65(43)45-21-7-3-8-22-45)72-63-32-18-15-28-52(63)55-38-39-62-66(68(55)72)57-29-14-17-31-61(57)70(62)60-30-16-13-27-51(60)54-36-37-56-59-41-46(44-19-5-2-6-20-44)33-40-64(59)71(69(56)67(54)70)47-23-9-4-10-24-47/h2-43,65H,1H3. The van der Waals surface area contributed by atoms with Gasteiger partial charge in [-0.2, -0.15) is 0 Å². The molecule has 11 aromatic carbocycles. The van der Waals surface area contributed by atoms with Crippen molar-refractivity contribution in [2.45, 2.75) is 24.2 Å². The Labute approximate surface area is 418 Å². The normalized spacial score (nSPS) is 17.0. The summed E-state index contributed by atoms with van der Waals surface area (Å²) in [5.41, 5.74) is 26.4. The minimum Gasteiger partial charge on any atom is -0.309 e. The zero-order chi connectivity index (χ0) is 47.2. The van der Waals surface area contributed by atoms with Crippen LogP contribution in [0.15, 0.2) is 249 Å². The predicted molar refractivity (Wildman–Crippen MR) is 299 cm³/mol. The van der Waals surface area contributed by atoms with Crippen molar-refractivity contribution in [3.05, 3.63) is 288 Å². The van der Waals surface area contributed by atoms with Crippen LogP contribution in [0, 0.1) is 0 Å². The Morgan fingerprint density at radius 1 is 0.347 bits per heavy atom. The van der Waals surface area contributed by atoms with Crippen molar-refractivity contribution in [2.75, 3.05) is 0 Å². The van der Waals surface area contributed by atoms with Gasteiger partial charge >= 0.3 is 0 Å². The van der Waals surface area contributed by atoms with E-state index in [1.54, 1.807) is 0 Å². The fourth-order valence-corrected chi connectivity index (χ4v) is 14.1. The lowest BCUT2D eigenvalue weighted by molar-refractivity contribution is 0.649. The molecule has 2 aromatic heterocycles. The lowest BCUT2D eigenvalue weighted by Crippen LogP contribution is -2.26. The Morgan fingerprint density at radius 3 is 1.79 bits per heavy atom. The van der Waals surface area contributed by atoms with Gasteiger partial charge in [-0.25, -0.2) is 0 Å². The number of aromatic nitrogens is 2. The van der Waals surface area contributed by atoms with E-state index in [0.717, 1.165) is 5.69 Å². The van der Waals surface area contributed by atoms with Crippen LogP contribution in [0.2, 0.25) is 0 Å². The van der Waals surface area contributed by atoms with Gasteiger partial charge in [0.15, 0.2) is 0 Å². The van der Waals surface area contributed by atoms with Gasteiger partial charge in [-0.15, -0.1) is 0 Å². The molecule has 0 bridgehead atoms. The molecule has 0 saturated carbocycles. The highest BCUT2D eigenvalue weighted by Crippen LogP contribution is 2.66. The number of rotatable bonds is 4. The van der Waals surface area contributed by atoms with Crippen molar-refractivity contribution >= 4 is 43.6 Å². The molecule has 3 atom stereocenters. The minimum atomic E-state index is -0.621. The van der Waals surface area contributed by atoms with Gasteiger partial charge in [0.1, 0.15) is 0 Å². The van der Waals surface area contributed by atoms with Crippen LogP contribution < -0.4 is 0 Å². The van der Waals surface area contributed by atoms with E-state index >= 15 is 0 Å². The maximum Gasteiger partial charge on any atom is 0.0747 e. The molecule has 0 fully saturated rings. The third-order valence-corrected chi connectivity index (χ3v) is 16.9. The van der Waals surface area contributed by atoms with E-state index in [4.69, 9.17) is 0 Å². The van der Waals surface area contributed by atoms with E-state index in [9.17, 15) is 0 Å². The van der Waals surface area contributed by atoms with Gasteiger partial charge in [0, 0.05) is 50.0 Å². The summed E-state index contributed by atoms with van der Waals surface area (Å²) >= 11 is 0. The van der Waals surface area contributed by atoms with Gasteiger partial charge in [-0.05, 0) is 121 Å². The fourth-order valence-electron chi connectivity index (χ4n) is 14.1. The Hall–Kier alpha value is -8.98. The smallest absolute Gasteiger partial charge is 0.0747 e. The first-order valence-electron chi connectivity index (χ1n) is 25.5. The van der Waals surface area contributed by atoms with Crippen molar-refractivity contribution < 1.29 is 0 Å². The highest BCUT2D eigenvalue weighted by Gasteiger charge is 2.54. The molecule has 3 aliphatic rings. The van der Waals surface area contributed by atoms with E-state index in [0.29, 0.717) is 5.92 Å². The molecule has 3 unspecified atom stereocenters. The summed E-state index contributed by atoms with van der Waals surface area (Å²) < 4.78 is 5.17. The van der Waals surface area contributed by atoms with Gasteiger partial charge in [-0.3, -0.25) is 0 Å². The van der Waals surface area contributed by atoms with Gasteiger partial charge in [0.05, 0.1) is 27.5 Å². The SMILES string of the molecule is CC1c2ccccc2-c2cc(-n3c4ccccc4c4ccc5c(c43)-c3ccccc3C53c4ccccc4-c4ccc5c6cc(-c7ccccc7)ccc6n(-c6ccccc6)c5c43)ccc2C1c1ccccc1. The molecular weight excluding hydrogens is 869 g/mol. The highest BCUT2D eigenvalue weighted by atomic mass is 15.0. The fraction of sp³-hybridized carbons (Fsp3) is 0.0571. The van der Waals surface area contributed by atoms with Gasteiger partial charge < -0.3 is 9.13 Å². The Balaban J connectivity index is 1.03. The van der Waals surface area contributed by atoms with E-state index < -0.39 is 5.41 Å². The second-order valence-corrected chi connectivity index (χ2v) is 20.3. The molecule has 0 amide bonds. The number of para-hydroxylation sites is 2. The maximum atomic E-state index is 2.60. The number of nitrogens with zero attached hydrogens (tertiary/aromatic N) is 2. The minimum absolute atomic E-state index is 0.245. The number of hydrogen-bond donors (Lipinski definition) is 0. The summed E-state index contributed by atoms with van der Waals surface area (Å²) in [5.74, 6) is 0.580. The quantitative estimate of drug-likeness (QED) is 0.166. The summed E-state index contributed by atoms with van der Waals surface area (Å²) in [6.45, 7) is 2.41. The first-order chi connectivity index (χ1) is 35.7. The first-order valence-corrected chi connectivity index (χ1v) is 25.5. The molecule has 2 heteroatoms. The molecule has 1 spiro atoms. The second kappa shape index (κ2) is 14.8. The molecule has 3 aliphatic carbocycles. The van der Waals surface area contributed by atoms with Crippen molar-refractivity contribution in [3.8, 4) is 55.9 Å². The molecule has 336 valence electrons. The van der Waals surface area contributed by atoms with Crippen LogP contribution in [-0.2, 0) is 5.41 Å². The third kappa shape index (κ3) is 5.13. The zero-order valence-electron chi connectivity index (χ0n) is 39.7. The molecule has 0 N–H and O–H groups in total. The largest absolute Gasteiger partial charge is 0.309 e. The third-order valence-electron chi connectivity index (χ3n) is 16.9. The Morgan fingerprint density at radius 2 is 0.972 bits per heavy atom. The number of hydrogen-bond acceptors (Lipinski definition) is 0. The van der Waals surface area contributed by atoms with E-state index in [-0.39, 0.29) is 5.92 Å². The van der Waals surface area contributed by atoms with Crippen LogP contribution >= 0.6 is 0 Å². The lowest BCUT2D eigenvalue weighted by Gasteiger charge is -2.34. The maximum absolute atomic E-state index is 2.60. The zero-order valence-corrected chi connectivity index (χ0v) is 39.7. The van der Waals surface area contributed by atoms with Crippen LogP contribution in [-0.4, -0.2) is 9.13 Å². The summed E-state index contributed by atoms with van der Waals surface area (Å²) in [5, 5.41) is 5.04. The average Bonchev–Trinajstić information content (AvgIpc) is 4.16. The van der Waals surface area contributed by atoms with E-state index in [1.807, 2.05) is 0 Å². The molecule has 13 aromatic rings. The van der Waals surface area contributed by atoms with Crippen LogP contribution in [0.5, 0.6) is 0 Å². The van der Waals surface area contributed by atoms with Crippen LogP contribution in [0.4, 0.5) is 0 Å².